The van der Waals surface area contributed by atoms with E-state index in [2.05, 4.69) is 60.8 Å². The summed E-state index contributed by atoms with van der Waals surface area (Å²) in [6.07, 6.45) is 0. The maximum absolute atomic E-state index is 5.83. The number of ether oxygens (including phenoxy) is 2. The Balaban J connectivity index is 1.48. The summed E-state index contributed by atoms with van der Waals surface area (Å²) in [5.41, 5.74) is 4.81. The Kier molecular flexibility index (Phi) is 6.89. The maximum atomic E-state index is 5.83. The lowest BCUT2D eigenvalue weighted by atomic mass is 10.0. The van der Waals surface area contributed by atoms with Crippen LogP contribution < -0.4 is 10.1 Å². The molecule has 0 bridgehead atoms. The molecule has 0 amide bonds. The van der Waals surface area contributed by atoms with Gasteiger partial charge >= 0.3 is 0 Å². The third-order valence-electron chi connectivity index (χ3n) is 4.56. The van der Waals surface area contributed by atoms with Crippen LogP contribution in [0.15, 0.2) is 78.9 Å². The second-order valence-electron chi connectivity index (χ2n) is 6.75. The Hall–Kier alpha value is -2.78. The molecule has 0 saturated heterocycles. The topological polar surface area (TPSA) is 30.5 Å². The smallest absolute Gasteiger partial charge is 0.119 e. The predicted octanol–water partition coefficient (Wildman–Crippen LogP) is 5.63. The second kappa shape index (κ2) is 9.79. The number of rotatable bonds is 9. The molecule has 1 N–H and O–H groups in total. The number of methoxy groups -OCH3 is 1. The van der Waals surface area contributed by atoms with Gasteiger partial charge < -0.3 is 14.8 Å². The highest BCUT2D eigenvalue weighted by Crippen LogP contribution is 2.19. The Labute approximate surface area is 162 Å². The fraction of sp³-hybridized carbons (Fsp3) is 0.250. The normalized spacial score (nSPS) is 11.8. The van der Waals surface area contributed by atoms with Crippen molar-refractivity contribution >= 4 is 5.69 Å². The lowest BCUT2D eigenvalue weighted by molar-refractivity contribution is 0.184. The molecular formula is C24H27NO2. The second-order valence-corrected chi connectivity index (χ2v) is 6.75. The van der Waals surface area contributed by atoms with Gasteiger partial charge in [-0.2, -0.15) is 0 Å². The number of anilines is 1. The van der Waals surface area contributed by atoms with Crippen LogP contribution in [0.3, 0.4) is 0 Å². The highest BCUT2D eigenvalue weighted by atomic mass is 16.5. The molecule has 0 spiro atoms. The number of hydrogen-bond acceptors (Lipinski definition) is 3. The Morgan fingerprint density at radius 2 is 1.52 bits per heavy atom. The van der Waals surface area contributed by atoms with Gasteiger partial charge in [-0.1, -0.05) is 61.5 Å². The average molecular weight is 361 g/mol. The van der Waals surface area contributed by atoms with Crippen molar-refractivity contribution in [1.29, 1.82) is 0 Å². The molecule has 0 aromatic heterocycles. The van der Waals surface area contributed by atoms with Crippen LogP contribution in [0.2, 0.25) is 0 Å². The summed E-state index contributed by atoms with van der Waals surface area (Å²) in [5.74, 6) is 1.29. The maximum Gasteiger partial charge on any atom is 0.119 e. The Morgan fingerprint density at radius 1 is 0.815 bits per heavy atom. The summed E-state index contributed by atoms with van der Waals surface area (Å²) in [7, 11) is 1.74. The van der Waals surface area contributed by atoms with Crippen LogP contribution in [-0.4, -0.2) is 13.7 Å². The molecule has 1 unspecified atom stereocenters. The van der Waals surface area contributed by atoms with Gasteiger partial charge in [0.1, 0.15) is 12.4 Å². The summed E-state index contributed by atoms with van der Waals surface area (Å²) in [6.45, 7) is 4.30. The van der Waals surface area contributed by atoms with Crippen molar-refractivity contribution < 1.29 is 9.47 Å². The summed E-state index contributed by atoms with van der Waals surface area (Å²) in [4.78, 5) is 0. The average Bonchev–Trinajstić information content (AvgIpc) is 2.73. The van der Waals surface area contributed by atoms with E-state index in [-0.39, 0.29) is 0 Å². The highest BCUT2D eigenvalue weighted by Gasteiger charge is 2.04. The van der Waals surface area contributed by atoms with E-state index in [1.165, 1.54) is 16.7 Å². The van der Waals surface area contributed by atoms with Crippen LogP contribution in [0, 0.1) is 0 Å². The zero-order valence-electron chi connectivity index (χ0n) is 16.0. The van der Waals surface area contributed by atoms with Crippen molar-refractivity contribution in [2.24, 2.45) is 0 Å². The van der Waals surface area contributed by atoms with E-state index in [1.54, 1.807) is 7.11 Å². The van der Waals surface area contributed by atoms with Gasteiger partial charge in [0, 0.05) is 25.3 Å². The van der Waals surface area contributed by atoms with E-state index in [0.717, 1.165) is 24.6 Å². The lowest BCUT2D eigenvalue weighted by Gasteiger charge is -2.12. The minimum Gasteiger partial charge on any atom is -0.489 e. The Morgan fingerprint density at radius 3 is 2.19 bits per heavy atom. The van der Waals surface area contributed by atoms with Crippen LogP contribution in [0.25, 0.3) is 0 Å². The molecule has 0 radical (unpaired) electrons. The fourth-order valence-electron chi connectivity index (χ4n) is 2.92. The van der Waals surface area contributed by atoms with Crippen molar-refractivity contribution in [1.82, 2.24) is 0 Å². The molecule has 27 heavy (non-hydrogen) atoms. The molecular weight excluding hydrogens is 334 g/mol. The number of nitrogens with one attached hydrogen (secondary N) is 1. The van der Waals surface area contributed by atoms with E-state index < -0.39 is 0 Å². The van der Waals surface area contributed by atoms with Crippen LogP contribution in [0.5, 0.6) is 5.75 Å². The number of benzene rings is 3. The van der Waals surface area contributed by atoms with Crippen LogP contribution >= 0.6 is 0 Å². The van der Waals surface area contributed by atoms with E-state index in [1.807, 2.05) is 30.3 Å². The van der Waals surface area contributed by atoms with Crippen LogP contribution in [0.4, 0.5) is 5.69 Å². The molecule has 0 aliphatic carbocycles. The quantitative estimate of drug-likeness (QED) is 0.536. The van der Waals surface area contributed by atoms with Crippen LogP contribution in [0.1, 0.15) is 29.5 Å². The summed E-state index contributed by atoms with van der Waals surface area (Å²) >= 11 is 0. The first kappa shape index (κ1) is 19.0. The zero-order chi connectivity index (χ0) is 18.9. The van der Waals surface area contributed by atoms with Crippen LogP contribution in [-0.2, 0) is 17.9 Å². The Bertz CT molecular complexity index is 798. The van der Waals surface area contributed by atoms with Crippen molar-refractivity contribution in [2.45, 2.75) is 26.0 Å². The van der Waals surface area contributed by atoms with Gasteiger partial charge in [-0.15, -0.1) is 0 Å². The van der Waals surface area contributed by atoms with Gasteiger partial charge in [-0.3, -0.25) is 0 Å². The third kappa shape index (κ3) is 5.87. The first-order valence-electron chi connectivity index (χ1n) is 9.33. The summed E-state index contributed by atoms with van der Waals surface area (Å²) in [6, 6.07) is 27.0. The van der Waals surface area contributed by atoms with Gasteiger partial charge in [0.25, 0.3) is 0 Å². The largest absolute Gasteiger partial charge is 0.489 e. The van der Waals surface area contributed by atoms with E-state index >= 15 is 0 Å². The highest BCUT2D eigenvalue weighted by molar-refractivity contribution is 5.47. The van der Waals surface area contributed by atoms with E-state index in [0.29, 0.717) is 12.5 Å². The van der Waals surface area contributed by atoms with E-state index in [4.69, 9.17) is 9.47 Å². The molecule has 3 aromatic rings. The summed E-state index contributed by atoms with van der Waals surface area (Å²) in [5, 5.41) is 3.46. The lowest BCUT2D eigenvalue weighted by Crippen LogP contribution is -2.03. The monoisotopic (exact) mass is 361 g/mol. The van der Waals surface area contributed by atoms with Gasteiger partial charge in [-0.05, 0) is 41.0 Å². The molecule has 0 aliphatic rings. The van der Waals surface area contributed by atoms with E-state index in [9.17, 15) is 0 Å². The molecule has 3 rings (SSSR count). The molecule has 3 aromatic carbocycles. The molecule has 3 nitrogen and oxygen atoms in total. The molecule has 0 aliphatic heterocycles. The molecule has 0 heterocycles. The first-order chi connectivity index (χ1) is 13.2. The molecule has 1 atom stereocenters. The van der Waals surface area contributed by atoms with Crippen molar-refractivity contribution in [3.05, 3.63) is 95.6 Å². The zero-order valence-corrected chi connectivity index (χ0v) is 16.0. The van der Waals surface area contributed by atoms with Gasteiger partial charge in [0.2, 0.25) is 0 Å². The summed E-state index contributed by atoms with van der Waals surface area (Å²) < 4.78 is 11.1. The number of hydrogen-bond donors (Lipinski definition) is 1. The third-order valence-corrected chi connectivity index (χ3v) is 4.56. The van der Waals surface area contributed by atoms with Gasteiger partial charge in [-0.25, -0.2) is 0 Å². The van der Waals surface area contributed by atoms with Gasteiger partial charge in [0.15, 0.2) is 0 Å². The minimum atomic E-state index is 0.417. The van der Waals surface area contributed by atoms with Crippen molar-refractivity contribution in [3.8, 4) is 5.75 Å². The molecule has 3 heteroatoms. The molecule has 140 valence electrons. The van der Waals surface area contributed by atoms with Crippen molar-refractivity contribution in [3.63, 3.8) is 0 Å². The fourth-order valence-corrected chi connectivity index (χ4v) is 2.92. The standard InChI is InChI=1S/C24H27NO2/c1-19(17-26-2)22-10-8-20(9-11-22)16-25-23-12-14-24(15-13-23)27-18-21-6-4-3-5-7-21/h3-15,19,25H,16-18H2,1-2H3. The predicted molar refractivity (Wildman–Crippen MR) is 111 cm³/mol. The molecule has 0 fully saturated rings. The molecule has 0 saturated carbocycles. The minimum absolute atomic E-state index is 0.417. The van der Waals surface area contributed by atoms with Gasteiger partial charge in [0.05, 0.1) is 6.61 Å². The van der Waals surface area contributed by atoms with Crippen molar-refractivity contribution in [2.75, 3.05) is 19.0 Å². The first-order valence-corrected chi connectivity index (χ1v) is 9.33. The SMILES string of the molecule is COCC(C)c1ccc(CNc2ccc(OCc3ccccc3)cc2)cc1.